The molecular weight excluding hydrogens is 240 g/mol. The number of rotatable bonds is 7. The molecule has 1 aromatic rings. The first kappa shape index (κ1) is 14.1. The van der Waals surface area contributed by atoms with E-state index in [2.05, 4.69) is 9.97 Å². The minimum atomic E-state index is -0.569. The fraction of sp³-hybridized carbons (Fsp3) is 0.600. The first-order chi connectivity index (χ1) is 8.65. The van der Waals surface area contributed by atoms with Gasteiger partial charge in [-0.1, -0.05) is 0 Å². The monoisotopic (exact) mass is 256 g/mol. The summed E-state index contributed by atoms with van der Waals surface area (Å²) in [6, 6.07) is 0. The third-order valence-electron chi connectivity index (χ3n) is 2.28. The maximum absolute atomic E-state index is 11.1. The molecule has 0 amide bonds. The van der Waals surface area contributed by atoms with Gasteiger partial charge in [-0.15, -0.1) is 0 Å². The molecule has 0 aromatic carbocycles. The Morgan fingerprint density at radius 2 is 2.22 bits per heavy atom. The lowest BCUT2D eigenvalue weighted by molar-refractivity contribution is -0.385. The summed E-state index contributed by atoms with van der Waals surface area (Å²) in [5, 5.41) is 20.0. The summed E-state index contributed by atoms with van der Waals surface area (Å²) in [6.45, 7) is 4.46. The van der Waals surface area contributed by atoms with Crippen molar-refractivity contribution in [3.63, 3.8) is 0 Å². The van der Waals surface area contributed by atoms with Gasteiger partial charge in [-0.3, -0.25) is 10.1 Å². The first-order valence-electron chi connectivity index (χ1n) is 5.63. The third-order valence-corrected chi connectivity index (χ3v) is 2.28. The minimum Gasteiger partial charge on any atom is -0.473 e. The Balaban J connectivity index is 3.24. The number of hydrogen-bond donors (Lipinski definition) is 1. The van der Waals surface area contributed by atoms with Crippen molar-refractivity contribution < 1.29 is 14.8 Å². The lowest BCUT2D eigenvalue weighted by Crippen LogP contribution is -2.28. The van der Waals surface area contributed by atoms with E-state index in [-0.39, 0.29) is 37.1 Å². The molecule has 0 spiro atoms. The van der Waals surface area contributed by atoms with Gasteiger partial charge in [0, 0.05) is 13.1 Å². The Labute approximate surface area is 104 Å². The van der Waals surface area contributed by atoms with Crippen LogP contribution in [0.25, 0.3) is 0 Å². The molecule has 1 N–H and O–H groups in total. The molecule has 0 fully saturated rings. The zero-order valence-corrected chi connectivity index (χ0v) is 10.4. The number of nitro groups is 1. The predicted octanol–water partition coefficient (Wildman–Crippen LogP) is 0.602. The average Bonchev–Trinajstić information content (AvgIpc) is 2.35. The number of aliphatic hydroxyl groups is 1. The van der Waals surface area contributed by atoms with Crippen molar-refractivity contribution in [2.75, 3.05) is 31.2 Å². The number of aromatic nitrogens is 2. The molecule has 0 unspecified atom stereocenters. The van der Waals surface area contributed by atoms with E-state index in [0.29, 0.717) is 6.54 Å². The molecule has 0 saturated heterocycles. The molecule has 0 saturated carbocycles. The molecule has 1 heterocycles. The number of nitrogens with zero attached hydrogens (tertiary/aromatic N) is 4. The Kier molecular flexibility index (Phi) is 5.25. The Bertz CT molecular complexity index is 413. The van der Waals surface area contributed by atoms with Crippen molar-refractivity contribution in [3.05, 3.63) is 16.4 Å². The van der Waals surface area contributed by atoms with Crippen LogP contribution in [0, 0.1) is 10.1 Å². The number of anilines is 1. The van der Waals surface area contributed by atoms with Crippen LogP contribution in [0.3, 0.4) is 0 Å². The van der Waals surface area contributed by atoms with Gasteiger partial charge in [0.2, 0.25) is 5.82 Å². The van der Waals surface area contributed by atoms with Crippen molar-refractivity contribution >= 4 is 11.5 Å². The fourth-order valence-corrected chi connectivity index (χ4v) is 1.52. The lowest BCUT2D eigenvalue weighted by atomic mass is 10.4. The van der Waals surface area contributed by atoms with Crippen LogP contribution in [0.1, 0.15) is 13.8 Å². The maximum atomic E-state index is 11.1. The van der Waals surface area contributed by atoms with Crippen LogP contribution in [0.4, 0.5) is 11.5 Å². The van der Waals surface area contributed by atoms with E-state index in [4.69, 9.17) is 9.84 Å². The topological polar surface area (TPSA) is 102 Å². The second-order valence-electron chi connectivity index (χ2n) is 3.34. The second-order valence-corrected chi connectivity index (χ2v) is 3.34. The normalized spacial score (nSPS) is 10.2. The summed E-state index contributed by atoms with van der Waals surface area (Å²) >= 11 is 0. The Hall–Kier alpha value is -1.96. The van der Waals surface area contributed by atoms with Crippen LogP contribution in [-0.2, 0) is 0 Å². The summed E-state index contributed by atoms with van der Waals surface area (Å²) in [5.41, 5.74) is -0.269. The van der Waals surface area contributed by atoms with Crippen LogP contribution in [0.15, 0.2) is 6.33 Å². The van der Waals surface area contributed by atoms with Crippen molar-refractivity contribution in [1.82, 2.24) is 9.97 Å². The van der Waals surface area contributed by atoms with Gasteiger partial charge in [-0.2, -0.15) is 4.98 Å². The Morgan fingerprint density at radius 1 is 1.50 bits per heavy atom. The van der Waals surface area contributed by atoms with Crippen molar-refractivity contribution in [3.8, 4) is 5.88 Å². The molecule has 0 atom stereocenters. The largest absolute Gasteiger partial charge is 0.473 e. The fourth-order valence-electron chi connectivity index (χ4n) is 1.52. The van der Waals surface area contributed by atoms with E-state index in [9.17, 15) is 10.1 Å². The molecule has 8 heteroatoms. The van der Waals surface area contributed by atoms with E-state index in [1.165, 1.54) is 6.33 Å². The number of ether oxygens (including phenoxy) is 1. The predicted molar refractivity (Wildman–Crippen MR) is 64.8 cm³/mol. The number of hydrogen-bond acceptors (Lipinski definition) is 7. The molecule has 0 bridgehead atoms. The van der Waals surface area contributed by atoms with Crippen molar-refractivity contribution in [1.29, 1.82) is 0 Å². The van der Waals surface area contributed by atoms with Gasteiger partial charge >= 0.3 is 5.69 Å². The van der Waals surface area contributed by atoms with Gasteiger partial charge < -0.3 is 14.7 Å². The van der Waals surface area contributed by atoms with E-state index in [1.54, 1.807) is 11.8 Å². The van der Waals surface area contributed by atoms with Crippen molar-refractivity contribution in [2.24, 2.45) is 0 Å². The summed E-state index contributed by atoms with van der Waals surface area (Å²) < 4.78 is 5.13. The quantitative estimate of drug-likeness (QED) is 0.563. The summed E-state index contributed by atoms with van der Waals surface area (Å²) in [6.07, 6.45) is 1.22. The zero-order valence-electron chi connectivity index (χ0n) is 10.4. The highest BCUT2D eigenvalue weighted by molar-refractivity contribution is 5.62. The third kappa shape index (κ3) is 3.04. The summed E-state index contributed by atoms with van der Waals surface area (Å²) in [5.74, 6) is 0.110. The lowest BCUT2D eigenvalue weighted by Gasteiger charge is -2.20. The van der Waals surface area contributed by atoms with Gasteiger partial charge in [0.25, 0.3) is 5.88 Å². The van der Waals surface area contributed by atoms with Gasteiger partial charge in [-0.25, -0.2) is 4.98 Å². The minimum absolute atomic E-state index is 0.0520. The number of aliphatic hydroxyl groups excluding tert-OH is 1. The highest BCUT2D eigenvalue weighted by Crippen LogP contribution is 2.33. The highest BCUT2D eigenvalue weighted by Gasteiger charge is 2.27. The summed E-state index contributed by atoms with van der Waals surface area (Å²) in [4.78, 5) is 19.8. The second kappa shape index (κ2) is 6.70. The molecule has 0 radical (unpaired) electrons. The van der Waals surface area contributed by atoms with Gasteiger partial charge in [0.05, 0.1) is 18.1 Å². The Morgan fingerprint density at radius 3 is 2.72 bits per heavy atom. The van der Waals surface area contributed by atoms with Crippen molar-refractivity contribution in [2.45, 2.75) is 13.8 Å². The molecule has 18 heavy (non-hydrogen) atoms. The molecule has 100 valence electrons. The van der Waals surface area contributed by atoms with Crippen LogP contribution in [0.2, 0.25) is 0 Å². The molecule has 0 aliphatic heterocycles. The van der Waals surface area contributed by atoms with Crippen LogP contribution in [-0.4, -0.2) is 46.3 Å². The number of likely N-dealkylation sites (N-methyl/N-ethyl adjacent to an activating group) is 1. The maximum Gasteiger partial charge on any atom is 0.372 e. The highest BCUT2D eigenvalue weighted by atomic mass is 16.6. The molecule has 0 aliphatic rings. The molecule has 1 rings (SSSR count). The van der Waals surface area contributed by atoms with E-state index >= 15 is 0 Å². The molecule has 1 aromatic heterocycles. The molecular formula is C10H16N4O4. The van der Waals surface area contributed by atoms with Crippen LogP contribution in [0.5, 0.6) is 5.88 Å². The first-order valence-corrected chi connectivity index (χ1v) is 5.63. The van der Waals surface area contributed by atoms with Gasteiger partial charge in [0.1, 0.15) is 6.33 Å². The van der Waals surface area contributed by atoms with Crippen LogP contribution >= 0.6 is 0 Å². The molecule has 0 aliphatic carbocycles. The molecule has 8 nitrogen and oxygen atoms in total. The average molecular weight is 256 g/mol. The summed E-state index contributed by atoms with van der Waals surface area (Å²) in [7, 11) is 0. The van der Waals surface area contributed by atoms with E-state index in [1.807, 2.05) is 6.92 Å². The zero-order chi connectivity index (χ0) is 13.5. The van der Waals surface area contributed by atoms with E-state index in [0.717, 1.165) is 0 Å². The van der Waals surface area contributed by atoms with Gasteiger partial charge in [0.15, 0.2) is 0 Å². The van der Waals surface area contributed by atoms with Gasteiger partial charge in [-0.05, 0) is 13.8 Å². The van der Waals surface area contributed by atoms with Crippen LogP contribution < -0.4 is 9.64 Å². The SMILES string of the molecule is CCOc1ncnc(N(CC)CCO)c1[N+](=O)[O-]. The standard InChI is InChI=1S/C10H16N4O4/c1-3-13(5-6-15)9-8(14(16)17)10(18-4-2)12-7-11-9/h7,15H,3-6H2,1-2H3. The smallest absolute Gasteiger partial charge is 0.372 e. The van der Waals surface area contributed by atoms with E-state index < -0.39 is 4.92 Å².